The third-order valence-electron chi connectivity index (χ3n) is 6.57. The first kappa shape index (κ1) is 35.4. The number of benzene rings is 1. The number of aromatic nitrogens is 1. The largest absolute Gasteiger partial charge is 0.503 e. The number of amides is 1. The van der Waals surface area contributed by atoms with Crippen LogP contribution in [0.2, 0.25) is 0 Å². The number of hydrogen-bond acceptors (Lipinski definition) is 12. The van der Waals surface area contributed by atoms with Gasteiger partial charge in [0.15, 0.2) is 52.6 Å². The zero-order valence-electron chi connectivity index (χ0n) is 24.5. The molecule has 1 aromatic heterocycles. The SMILES string of the molecule is COc1ccnc(C(=O)NC2COC(=O)C(CCOC(=O)c3c(F)c(F)c(F)c(F)c3F)C(OC(=O)C(C)C)C(C)OC2=O)c1O. The Morgan fingerprint density at radius 2 is 1.65 bits per heavy atom. The number of halogens is 5. The first-order valence-corrected chi connectivity index (χ1v) is 13.4. The van der Waals surface area contributed by atoms with Gasteiger partial charge in [0.2, 0.25) is 5.82 Å². The van der Waals surface area contributed by atoms with Crippen LogP contribution in [0.3, 0.4) is 0 Å². The van der Waals surface area contributed by atoms with Crippen LogP contribution in [-0.2, 0) is 33.3 Å². The Morgan fingerprint density at radius 1 is 1.04 bits per heavy atom. The zero-order valence-corrected chi connectivity index (χ0v) is 24.5. The summed E-state index contributed by atoms with van der Waals surface area (Å²) < 4.78 is 94.0. The van der Waals surface area contributed by atoms with Crippen LogP contribution in [-0.4, -0.2) is 78.4 Å². The fraction of sp³-hybridized carbons (Fsp3) is 0.429. The Bertz CT molecular complexity index is 1510. The third-order valence-corrected chi connectivity index (χ3v) is 6.57. The number of ether oxygens (including phenoxy) is 5. The molecular weight excluding hydrogens is 635 g/mol. The van der Waals surface area contributed by atoms with Crippen LogP contribution in [0.5, 0.6) is 11.5 Å². The summed E-state index contributed by atoms with van der Waals surface area (Å²) in [6.45, 7) is 2.35. The summed E-state index contributed by atoms with van der Waals surface area (Å²) in [5.74, 6) is -21.6. The highest BCUT2D eigenvalue weighted by Gasteiger charge is 2.42. The molecule has 0 aliphatic carbocycles. The van der Waals surface area contributed by atoms with E-state index in [1.54, 1.807) is 0 Å². The van der Waals surface area contributed by atoms with Gasteiger partial charge in [0.1, 0.15) is 24.2 Å². The second-order valence-electron chi connectivity index (χ2n) is 10.0. The number of nitrogens with one attached hydrogen (secondary N) is 1. The molecule has 1 amide bonds. The van der Waals surface area contributed by atoms with E-state index in [2.05, 4.69) is 15.0 Å². The van der Waals surface area contributed by atoms with E-state index < -0.39 is 126 Å². The molecule has 1 aliphatic heterocycles. The molecule has 0 saturated carbocycles. The molecular formula is C28H27F5N2O11. The van der Waals surface area contributed by atoms with E-state index in [0.29, 0.717) is 0 Å². The van der Waals surface area contributed by atoms with Gasteiger partial charge in [0, 0.05) is 12.3 Å². The summed E-state index contributed by atoms with van der Waals surface area (Å²) in [4.78, 5) is 67.5. The lowest BCUT2D eigenvalue weighted by atomic mass is 9.94. The highest BCUT2D eigenvalue weighted by atomic mass is 19.2. The van der Waals surface area contributed by atoms with Crippen molar-refractivity contribution in [2.45, 2.75) is 45.4 Å². The van der Waals surface area contributed by atoms with E-state index >= 15 is 0 Å². The number of carbonyl (C=O) groups is 5. The van der Waals surface area contributed by atoms with Gasteiger partial charge in [-0.3, -0.25) is 14.4 Å². The van der Waals surface area contributed by atoms with Gasteiger partial charge >= 0.3 is 23.9 Å². The fourth-order valence-corrected chi connectivity index (χ4v) is 4.09. The van der Waals surface area contributed by atoms with Gasteiger partial charge in [-0.05, 0) is 13.3 Å². The lowest BCUT2D eigenvalue weighted by Crippen LogP contribution is -2.46. The summed E-state index contributed by atoms with van der Waals surface area (Å²) in [6.07, 6.45) is -2.54. The molecule has 13 nitrogen and oxygen atoms in total. The van der Waals surface area contributed by atoms with Gasteiger partial charge in [-0.15, -0.1) is 0 Å². The van der Waals surface area contributed by atoms with Crippen LogP contribution in [0.4, 0.5) is 22.0 Å². The number of cyclic esters (lactones) is 2. The molecule has 0 radical (unpaired) electrons. The van der Waals surface area contributed by atoms with Crippen molar-refractivity contribution in [3.05, 3.63) is 52.6 Å². The molecule has 4 atom stereocenters. The number of hydrogen-bond donors (Lipinski definition) is 2. The van der Waals surface area contributed by atoms with Crippen LogP contribution < -0.4 is 10.1 Å². The van der Waals surface area contributed by atoms with Gasteiger partial charge in [-0.2, -0.15) is 0 Å². The summed E-state index contributed by atoms with van der Waals surface area (Å²) in [7, 11) is 1.21. The predicted molar refractivity (Wildman–Crippen MR) is 140 cm³/mol. The third kappa shape index (κ3) is 7.60. The van der Waals surface area contributed by atoms with Crippen molar-refractivity contribution >= 4 is 29.8 Å². The van der Waals surface area contributed by atoms with Crippen LogP contribution in [0.15, 0.2) is 12.3 Å². The molecule has 0 spiro atoms. The topological polar surface area (TPSA) is 177 Å². The number of nitrogens with zero attached hydrogens (tertiary/aromatic N) is 1. The Hall–Kier alpha value is -5.03. The van der Waals surface area contributed by atoms with Crippen LogP contribution in [0, 0.1) is 40.9 Å². The monoisotopic (exact) mass is 662 g/mol. The summed E-state index contributed by atoms with van der Waals surface area (Å²) in [5.41, 5.74) is -2.43. The molecule has 1 fully saturated rings. The highest BCUT2D eigenvalue weighted by molar-refractivity contribution is 5.98. The first-order valence-electron chi connectivity index (χ1n) is 13.4. The summed E-state index contributed by atoms with van der Waals surface area (Å²) in [6, 6.07) is -0.429. The predicted octanol–water partition coefficient (Wildman–Crippen LogP) is 2.51. The molecule has 46 heavy (non-hydrogen) atoms. The maximum Gasteiger partial charge on any atom is 0.344 e. The average molecular weight is 663 g/mol. The Labute approximate surface area is 256 Å². The van der Waals surface area contributed by atoms with Gasteiger partial charge in [0.25, 0.3) is 5.91 Å². The van der Waals surface area contributed by atoms with E-state index in [0.717, 1.165) is 6.20 Å². The average Bonchev–Trinajstić information content (AvgIpc) is 3.04. The van der Waals surface area contributed by atoms with E-state index in [1.165, 1.54) is 33.9 Å². The van der Waals surface area contributed by atoms with E-state index in [9.17, 15) is 51.0 Å². The standard InChI is InChI=1S/C28H27F5N2O11/c1-10(2)25(38)46-23-11(3)45-27(40)13(35-24(37)21-22(36)14(42-4)5-7-34-21)9-44-26(39)12(23)6-8-43-28(41)15-16(29)18(31)20(33)19(32)17(15)30/h5,7,10-13,23,36H,6,8-9H2,1-4H3,(H,35,37). The Morgan fingerprint density at radius 3 is 2.24 bits per heavy atom. The molecule has 1 aliphatic rings. The van der Waals surface area contributed by atoms with Crippen molar-refractivity contribution in [3.8, 4) is 11.5 Å². The molecule has 0 bridgehead atoms. The molecule has 3 rings (SSSR count). The van der Waals surface area contributed by atoms with Crippen molar-refractivity contribution in [3.63, 3.8) is 0 Å². The minimum absolute atomic E-state index is 0.115. The minimum Gasteiger partial charge on any atom is -0.503 e. The molecule has 2 heterocycles. The number of rotatable bonds is 9. The minimum atomic E-state index is -2.50. The maximum absolute atomic E-state index is 14.0. The molecule has 1 aromatic carbocycles. The number of methoxy groups -OCH3 is 1. The van der Waals surface area contributed by atoms with Crippen LogP contribution in [0.25, 0.3) is 0 Å². The molecule has 2 aromatic rings. The van der Waals surface area contributed by atoms with Gasteiger partial charge < -0.3 is 34.1 Å². The van der Waals surface area contributed by atoms with Crippen molar-refractivity contribution in [1.82, 2.24) is 10.3 Å². The highest BCUT2D eigenvalue weighted by Crippen LogP contribution is 2.29. The normalized spacial score (nSPS) is 20.0. The lowest BCUT2D eigenvalue weighted by Gasteiger charge is -2.29. The summed E-state index contributed by atoms with van der Waals surface area (Å²) >= 11 is 0. The van der Waals surface area contributed by atoms with Crippen molar-refractivity contribution in [2.75, 3.05) is 20.3 Å². The smallest absolute Gasteiger partial charge is 0.344 e. The van der Waals surface area contributed by atoms with Crippen molar-refractivity contribution in [1.29, 1.82) is 0 Å². The van der Waals surface area contributed by atoms with Gasteiger partial charge in [-0.1, -0.05) is 13.8 Å². The van der Waals surface area contributed by atoms with Crippen LogP contribution in [0.1, 0.15) is 48.0 Å². The molecule has 18 heteroatoms. The molecule has 4 unspecified atom stereocenters. The molecule has 2 N–H and O–H groups in total. The molecule has 1 saturated heterocycles. The Balaban J connectivity index is 1.84. The number of carbonyl (C=O) groups excluding carboxylic acids is 5. The quantitative estimate of drug-likeness (QED) is 0.132. The van der Waals surface area contributed by atoms with Crippen molar-refractivity contribution in [2.24, 2.45) is 11.8 Å². The number of aromatic hydroxyl groups is 1. The second kappa shape index (κ2) is 14.8. The number of pyridine rings is 1. The molecule has 250 valence electrons. The number of esters is 4. The van der Waals surface area contributed by atoms with E-state index in [1.807, 2.05) is 0 Å². The van der Waals surface area contributed by atoms with Gasteiger partial charge in [0.05, 0.1) is 19.6 Å². The van der Waals surface area contributed by atoms with E-state index in [-0.39, 0.29) is 5.75 Å². The summed E-state index contributed by atoms with van der Waals surface area (Å²) in [5, 5.41) is 12.4. The lowest BCUT2D eigenvalue weighted by molar-refractivity contribution is -0.177. The first-order chi connectivity index (χ1) is 21.6. The Kier molecular flexibility index (Phi) is 11.4. The van der Waals surface area contributed by atoms with E-state index in [4.69, 9.17) is 18.9 Å². The van der Waals surface area contributed by atoms with Crippen LogP contribution >= 0.6 is 0 Å². The maximum atomic E-state index is 14.0. The van der Waals surface area contributed by atoms with Crippen molar-refractivity contribution < 1.29 is 74.7 Å². The fourth-order valence-electron chi connectivity index (χ4n) is 4.09. The zero-order chi connectivity index (χ0) is 34.5. The second-order valence-corrected chi connectivity index (χ2v) is 10.0. The van der Waals surface area contributed by atoms with Gasteiger partial charge in [-0.25, -0.2) is 36.5 Å².